The molecule has 3 rings (SSSR count). The van der Waals surface area contributed by atoms with Crippen LogP contribution in [-0.4, -0.2) is 16.3 Å². The maximum absolute atomic E-state index is 5.90. The van der Waals surface area contributed by atoms with Crippen LogP contribution in [0.1, 0.15) is 20.3 Å². The third-order valence-corrected chi connectivity index (χ3v) is 4.48. The summed E-state index contributed by atoms with van der Waals surface area (Å²) in [6, 6.07) is 27.0. The number of benzene rings is 3. The van der Waals surface area contributed by atoms with Gasteiger partial charge in [0.2, 0.25) is 0 Å². The number of ether oxygens (including phenoxy) is 1. The summed E-state index contributed by atoms with van der Waals surface area (Å²) in [6.45, 7) is 4.22. The highest BCUT2D eigenvalue weighted by Crippen LogP contribution is 2.34. The molecule has 3 aromatic rings. The Labute approximate surface area is 153 Å². The average Bonchev–Trinajstić information content (AvgIpc) is 2.66. The summed E-state index contributed by atoms with van der Waals surface area (Å²) < 4.78 is 5.90. The van der Waals surface area contributed by atoms with Gasteiger partial charge in [-0.1, -0.05) is 42.4 Å². The summed E-state index contributed by atoms with van der Waals surface area (Å²) in [5.74, 6) is 0.904. The molecule has 0 N–H and O–H groups in total. The van der Waals surface area contributed by atoms with Gasteiger partial charge in [0.05, 0.1) is 16.3 Å². The maximum atomic E-state index is 5.90. The highest BCUT2D eigenvalue weighted by molar-refractivity contribution is 6.32. The zero-order valence-electron chi connectivity index (χ0n) is 14.6. The topological polar surface area (TPSA) is 12.5 Å². The van der Waals surface area contributed by atoms with E-state index in [0.717, 1.165) is 34.4 Å². The summed E-state index contributed by atoms with van der Waals surface area (Å²) in [6.07, 6.45) is 1.22. The molecule has 125 valence electrons. The molecule has 0 aromatic heterocycles. The van der Waals surface area contributed by atoms with Crippen LogP contribution in [0.25, 0.3) is 0 Å². The third kappa shape index (κ3) is 4.31. The molecule has 0 aliphatic rings. The van der Waals surface area contributed by atoms with E-state index in [1.165, 1.54) is 0 Å². The molecule has 0 fully saturated rings. The number of para-hydroxylation sites is 1. The van der Waals surface area contributed by atoms with Gasteiger partial charge in [-0.2, -0.15) is 0 Å². The summed E-state index contributed by atoms with van der Waals surface area (Å²) in [5, 5.41) is 1.06. The van der Waals surface area contributed by atoms with E-state index in [2.05, 4.69) is 89.7 Å². The van der Waals surface area contributed by atoms with Crippen LogP contribution in [0.2, 0.25) is 0 Å². The predicted molar refractivity (Wildman–Crippen MR) is 107 cm³/mol. The van der Waals surface area contributed by atoms with Crippen LogP contribution in [-0.2, 0) is 0 Å². The summed E-state index contributed by atoms with van der Waals surface area (Å²) in [7, 11) is 3.56. The lowest BCUT2D eigenvalue weighted by Crippen LogP contribution is -2.12. The number of nitrogens with zero attached hydrogens (tertiary/aromatic N) is 1. The van der Waals surface area contributed by atoms with E-state index in [-0.39, 0.29) is 6.10 Å². The number of hydrogen-bond acceptors (Lipinski definition) is 2. The van der Waals surface area contributed by atoms with Crippen LogP contribution in [0.15, 0.2) is 78.9 Å². The van der Waals surface area contributed by atoms with Crippen molar-refractivity contribution in [1.82, 2.24) is 0 Å². The first-order chi connectivity index (χ1) is 12.2. The molecule has 0 saturated carbocycles. The fourth-order valence-electron chi connectivity index (χ4n) is 2.62. The third-order valence-electron chi connectivity index (χ3n) is 4.15. The first-order valence-corrected chi connectivity index (χ1v) is 9.11. The van der Waals surface area contributed by atoms with Gasteiger partial charge in [-0.05, 0) is 61.9 Å². The van der Waals surface area contributed by atoms with E-state index in [1.54, 1.807) is 0 Å². The Balaban J connectivity index is 1.96. The van der Waals surface area contributed by atoms with Crippen molar-refractivity contribution in [2.75, 3.05) is 4.90 Å². The summed E-state index contributed by atoms with van der Waals surface area (Å²) in [4.78, 5) is 2.23. The van der Waals surface area contributed by atoms with Crippen molar-refractivity contribution in [2.24, 2.45) is 0 Å². The van der Waals surface area contributed by atoms with Gasteiger partial charge in [0.1, 0.15) is 5.75 Å². The van der Waals surface area contributed by atoms with Crippen LogP contribution < -0.4 is 14.8 Å². The van der Waals surface area contributed by atoms with Crippen molar-refractivity contribution in [2.45, 2.75) is 26.4 Å². The van der Waals surface area contributed by atoms with Crippen molar-refractivity contribution in [1.29, 1.82) is 0 Å². The van der Waals surface area contributed by atoms with Crippen LogP contribution >= 0.6 is 0 Å². The van der Waals surface area contributed by atoms with Crippen molar-refractivity contribution < 1.29 is 4.74 Å². The summed E-state index contributed by atoms with van der Waals surface area (Å²) >= 11 is 0. The molecule has 1 atom stereocenters. The van der Waals surface area contributed by atoms with E-state index in [9.17, 15) is 0 Å². The van der Waals surface area contributed by atoms with E-state index >= 15 is 0 Å². The molecular weight excluding hydrogens is 322 g/mol. The Hall–Kier alpha value is -2.52. The molecule has 3 aromatic carbocycles. The van der Waals surface area contributed by atoms with Gasteiger partial charge in [-0.15, -0.1) is 0 Å². The zero-order chi connectivity index (χ0) is 17.6. The first kappa shape index (κ1) is 17.3. The van der Waals surface area contributed by atoms with Gasteiger partial charge in [0, 0.05) is 17.1 Å². The molecule has 0 spiro atoms. The number of hydrogen-bond donors (Lipinski definition) is 0. The van der Waals surface area contributed by atoms with E-state index in [1.807, 2.05) is 18.2 Å². The Morgan fingerprint density at radius 2 is 1.32 bits per heavy atom. The van der Waals surface area contributed by atoms with Gasteiger partial charge in [-0.3, -0.25) is 0 Å². The lowest BCUT2D eigenvalue weighted by atomic mass is 10.2. The lowest BCUT2D eigenvalue weighted by molar-refractivity contribution is 0.217. The SMILES string of the molecule is CCC(C)Oc1ccc(N(c2ccccc2)c2ccc([Si])cc2)cc1. The van der Waals surface area contributed by atoms with Gasteiger partial charge < -0.3 is 9.64 Å². The average molecular weight is 345 g/mol. The van der Waals surface area contributed by atoms with Crippen LogP contribution in [0.3, 0.4) is 0 Å². The fourth-order valence-corrected chi connectivity index (χ4v) is 2.79. The Bertz CT molecular complexity index is 785. The van der Waals surface area contributed by atoms with Gasteiger partial charge in [-0.25, -0.2) is 0 Å². The maximum Gasteiger partial charge on any atom is 0.119 e. The van der Waals surface area contributed by atoms with Crippen molar-refractivity contribution in [3.8, 4) is 5.75 Å². The first-order valence-electron chi connectivity index (χ1n) is 8.61. The predicted octanol–water partition coefficient (Wildman–Crippen LogP) is 5.13. The molecule has 3 heteroatoms. The van der Waals surface area contributed by atoms with Gasteiger partial charge in [0.15, 0.2) is 0 Å². The van der Waals surface area contributed by atoms with E-state index < -0.39 is 0 Å². The summed E-state index contributed by atoms with van der Waals surface area (Å²) in [5.41, 5.74) is 3.34. The quantitative estimate of drug-likeness (QED) is 0.575. The minimum atomic E-state index is 0.224. The second-order valence-electron chi connectivity index (χ2n) is 6.05. The van der Waals surface area contributed by atoms with E-state index in [4.69, 9.17) is 4.74 Å². The molecule has 0 aliphatic heterocycles. The van der Waals surface area contributed by atoms with Crippen LogP contribution in [0.4, 0.5) is 17.1 Å². The standard InChI is InChI=1S/C22H22NOSi/c1-3-17(2)24-21-13-9-19(10-14-21)23(18-7-5-4-6-8-18)20-11-15-22(25)16-12-20/h4-17H,3H2,1-2H3. The Kier molecular flexibility index (Phi) is 5.56. The fraction of sp³-hybridized carbons (Fsp3) is 0.182. The van der Waals surface area contributed by atoms with Crippen LogP contribution in [0.5, 0.6) is 5.75 Å². The Morgan fingerprint density at radius 1 is 0.800 bits per heavy atom. The van der Waals surface area contributed by atoms with Crippen molar-refractivity contribution in [3.63, 3.8) is 0 Å². The molecule has 0 bridgehead atoms. The van der Waals surface area contributed by atoms with Gasteiger partial charge in [0.25, 0.3) is 0 Å². The molecule has 0 saturated heterocycles. The smallest absolute Gasteiger partial charge is 0.119 e. The molecule has 0 aliphatic carbocycles. The molecule has 2 nitrogen and oxygen atoms in total. The van der Waals surface area contributed by atoms with Crippen molar-refractivity contribution in [3.05, 3.63) is 78.9 Å². The second-order valence-corrected chi connectivity index (χ2v) is 6.63. The molecular formula is C22H22NOSi. The monoisotopic (exact) mass is 344 g/mol. The normalized spacial score (nSPS) is 11.8. The number of anilines is 3. The van der Waals surface area contributed by atoms with Crippen molar-refractivity contribution >= 4 is 32.5 Å². The molecule has 0 heterocycles. The highest BCUT2D eigenvalue weighted by Gasteiger charge is 2.12. The largest absolute Gasteiger partial charge is 0.491 e. The minimum Gasteiger partial charge on any atom is -0.491 e. The van der Waals surface area contributed by atoms with Gasteiger partial charge >= 0.3 is 0 Å². The molecule has 0 amide bonds. The molecule has 3 radical (unpaired) electrons. The van der Waals surface area contributed by atoms with E-state index in [0.29, 0.717) is 0 Å². The molecule has 1 unspecified atom stereocenters. The van der Waals surface area contributed by atoms with Crippen LogP contribution in [0, 0.1) is 0 Å². The molecule has 25 heavy (non-hydrogen) atoms. The zero-order valence-corrected chi connectivity index (χ0v) is 15.6. The minimum absolute atomic E-state index is 0.224. The second kappa shape index (κ2) is 8.04. The Morgan fingerprint density at radius 3 is 1.88 bits per heavy atom. The number of rotatable bonds is 6. The highest BCUT2D eigenvalue weighted by atomic mass is 28.1. The lowest BCUT2D eigenvalue weighted by Gasteiger charge is -2.26.